The van der Waals surface area contributed by atoms with E-state index in [0.717, 1.165) is 12.0 Å². The summed E-state index contributed by atoms with van der Waals surface area (Å²) in [5.41, 5.74) is 0.989. The largest absolute Gasteiger partial charge is 0.297 e. The molecule has 0 N–H and O–H groups in total. The number of benzene rings is 1. The van der Waals surface area contributed by atoms with Gasteiger partial charge in [0.25, 0.3) is 10.1 Å². The summed E-state index contributed by atoms with van der Waals surface area (Å²) in [6.45, 7) is 1.89. The van der Waals surface area contributed by atoms with Crippen LogP contribution in [0.5, 0.6) is 0 Å². The molecule has 0 aliphatic heterocycles. The number of aryl methyl sites for hydroxylation is 1. The molecule has 2 bridgehead atoms. The van der Waals surface area contributed by atoms with Gasteiger partial charge < -0.3 is 0 Å². The molecule has 19 heavy (non-hydrogen) atoms. The van der Waals surface area contributed by atoms with Gasteiger partial charge in [0.15, 0.2) is 0 Å². The van der Waals surface area contributed by atoms with Crippen molar-refractivity contribution in [3.05, 3.63) is 29.8 Å². The summed E-state index contributed by atoms with van der Waals surface area (Å²) in [7, 11) is -3.77. The summed E-state index contributed by atoms with van der Waals surface area (Å²) < 4.78 is 43.2. The lowest BCUT2D eigenvalue weighted by Crippen LogP contribution is -2.30. The molecule has 3 nitrogen and oxygen atoms in total. The third kappa shape index (κ3) is 2.41. The van der Waals surface area contributed by atoms with Crippen molar-refractivity contribution in [2.24, 2.45) is 11.8 Å². The molecule has 2 unspecified atom stereocenters. The molecule has 104 valence electrons. The van der Waals surface area contributed by atoms with E-state index in [1.807, 2.05) is 6.92 Å². The van der Waals surface area contributed by atoms with Gasteiger partial charge >= 0.3 is 0 Å². The minimum absolute atomic E-state index is 0.149. The Morgan fingerprint density at radius 3 is 2.42 bits per heavy atom. The zero-order chi connectivity index (χ0) is 13.6. The van der Waals surface area contributed by atoms with Crippen molar-refractivity contribution >= 4 is 10.1 Å². The Labute approximate surface area is 112 Å². The van der Waals surface area contributed by atoms with Crippen molar-refractivity contribution in [1.29, 1.82) is 0 Å². The van der Waals surface area contributed by atoms with E-state index in [-0.39, 0.29) is 10.8 Å². The second-order valence-corrected chi connectivity index (χ2v) is 7.23. The summed E-state index contributed by atoms with van der Waals surface area (Å²) in [5.74, 6) is 0.0449. The molecule has 2 aliphatic carbocycles. The van der Waals surface area contributed by atoms with Gasteiger partial charge in [0.2, 0.25) is 0 Å². The molecular formula is C14H17FO3S. The van der Waals surface area contributed by atoms with Gasteiger partial charge in [-0.25, -0.2) is 4.39 Å². The Kier molecular flexibility index (Phi) is 3.14. The van der Waals surface area contributed by atoms with Crippen molar-refractivity contribution in [3.63, 3.8) is 0 Å². The van der Waals surface area contributed by atoms with Gasteiger partial charge in [-0.2, -0.15) is 8.42 Å². The zero-order valence-electron chi connectivity index (χ0n) is 10.8. The fourth-order valence-corrected chi connectivity index (χ4v) is 4.36. The second kappa shape index (κ2) is 4.56. The first-order chi connectivity index (χ1) is 8.95. The monoisotopic (exact) mass is 284 g/mol. The smallest absolute Gasteiger partial charge is 0.263 e. The summed E-state index contributed by atoms with van der Waals surface area (Å²) >= 11 is 0. The minimum Gasteiger partial charge on any atom is -0.263 e. The molecule has 0 aromatic heterocycles. The number of rotatable bonds is 3. The number of halogens is 1. The molecule has 0 radical (unpaired) electrons. The second-order valence-electron chi connectivity index (χ2n) is 5.65. The van der Waals surface area contributed by atoms with Gasteiger partial charge in [-0.05, 0) is 44.2 Å². The standard InChI is InChI=1S/C14H17FO3S/c1-9-2-4-11(5-3-9)19(16,17)18-14-8-10-6-12(14)13(15)7-10/h2-5,10,12-14H,6-8H2,1H3/t10?,12?,13-,14-/m1/s1. The Hall–Kier alpha value is -0.940. The molecule has 0 amide bonds. The van der Waals surface area contributed by atoms with E-state index in [1.54, 1.807) is 12.1 Å². The summed E-state index contributed by atoms with van der Waals surface area (Å²) in [5, 5.41) is 0. The highest BCUT2D eigenvalue weighted by Crippen LogP contribution is 2.48. The van der Waals surface area contributed by atoms with Gasteiger partial charge in [-0.3, -0.25) is 4.18 Å². The van der Waals surface area contributed by atoms with Crippen LogP contribution in [-0.4, -0.2) is 20.7 Å². The third-order valence-electron chi connectivity index (χ3n) is 4.23. The molecule has 1 aromatic carbocycles. The van der Waals surface area contributed by atoms with Crippen molar-refractivity contribution in [2.75, 3.05) is 0 Å². The lowest BCUT2D eigenvalue weighted by atomic mass is 9.96. The van der Waals surface area contributed by atoms with E-state index in [4.69, 9.17) is 4.18 Å². The predicted molar refractivity (Wildman–Crippen MR) is 69.0 cm³/mol. The normalized spacial score (nSPS) is 33.8. The molecule has 0 heterocycles. The average Bonchev–Trinajstić information content (AvgIpc) is 2.87. The first kappa shape index (κ1) is 13.1. The minimum atomic E-state index is -3.77. The Bertz CT molecular complexity index is 567. The van der Waals surface area contributed by atoms with E-state index < -0.39 is 22.4 Å². The Morgan fingerprint density at radius 2 is 1.84 bits per heavy atom. The average molecular weight is 284 g/mol. The van der Waals surface area contributed by atoms with E-state index in [2.05, 4.69) is 0 Å². The molecule has 2 saturated carbocycles. The fourth-order valence-electron chi connectivity index (χ4n) is 3.24. The van der Waals surface area contributed by atoms with E-state index in [9.17, 15) is 12.8 Å². The molecule has 2 aliphatic rings. The highest BCUT2D eigenvalue weighted by atomic mass is 32.2. The highest BCUT2D eigenvalue weighted by molar-refractivity contribution is 7.86. The van der Waals surface area contributed by atoms with Crippen molar-refractivity contribution in [2.45, 2.75) is 43.4 Å². The lowest BCUT2D eigenvalue weighted by molar-refractivity contribution is 0.0875. The lowest BCUT2D eigenvalue weighted by Gasteiger charge is -2.24. The topological polar surface area (TPSA) is 43.4 Å². The van der Waals surface area contributed by atoms with E-state index >= 15 is 0 Å². The van der Waals surface area contributed by atoms with Crippen LogP contribution in [0.25, 0.3) is 0 Å². The maximum Gasteiger partial charge on any atom is 0.297 e. The molecule has 0 saturated heterocycles. The van der Waals surface area contributed by atoms with Crippen LogP contribution < -0.4 is 0 Å². The van der Waals surface area contributed by atoms with E-state index in [1.165, 1.54) is 12.1 Å². The van der Waals surface area contributed by atoms with Crippen LogP contribution in [0.4, 0.5) is 4.39 Å². The molecular weight excluding hydrogens is 267 g/mol. The predicted octanol–water partition coefficient (Wildman–Crippen LogP) is 2.84. The maximum atomic E-state index is 13.6. The fraction of sp³-hybridized carbons (Fsp3) is 0.571. The summed E-state index contributed by atoms with van der Waals surface area (Å²) in [6.07, 6.45) is 0.595. The van der Waals surface area contributed by atoms with Gasteiger partial charge in [0.1, 0.15) is 6.17 Å². The number of fused-ring (bicyclic) bond motifs is 2. The van der Waals surface area contributed by atoms with Crippen molar-refractivity contribution in [1.82, 2.24) is 0 Å². The Morgan fingerprint density at radius 1 is 1.16 bits per heavy atom. The molecule has 1 aromatic rings. The number of hydrogen-bond acceptors (Lipinski definition) is 3. The van der Waals surface area contributed by atoms with Gasteiger partial charge in [-0.15, -0.1) is 0 Å². The van der Waals surface area contributed by atoms with Gasteiger partial charge in [-0.1, -0.05) is 17.7 Å². The molecule has 4 atom stereocenters. The number of hydrogen-bond donors (Lipinski definition) is 0. The first-order valence-electron chi connectivity index (χ1n) is 6.60. The SMILES string of the molecule is Cc1ccc(S(=O)(=O)O[C@@H]2CC3CC2[C@H](F)C3)cc1. The third-order valence-corrected chi connectivity index (χ3v) is 5.58. The zero-order valence-corrected chi connectivity index (χ0v) is 11.6. The van der Waals surface area contributed by atoms with Crippen LogP contribution in [0, 0.1) is 18.8 Å². The Balaban J connectivity index is 1.77. The molecule has 0 spiro atoms. The summed E-state index contributed by atoms with van der Waals surface area (Å²) in [4.78, 5) is 0.149. The summed E-state index contributed by atoms with van der Waals surface area (Å²) in [6, 6.07) is 6.53. The molecule has 3 rings (SSSR count). The van der Waals surface area contributed by atoms with E-state index in [0.29, 0.717) is 18.8 Å². The van der Waals surface area contributed by atoms with Crippen LogP contribution >= 0.6 is 0 Å². The highest BCUT2D eigenvalue weighted by Gasteiger charge is 2.48. The van der Waals surface area contributed by atoms with Crippen LogP contribution in [0.1, 0.15) is 24.8 Å². The van der Waals surface area contributed by atoms with Crippen molar-refractivity contribution < 1.29 is 17.0 Å². The first-order valence-corrected chi connectivity index (χ1v) is 8.00. The van der Waals surface area contributed by atoms with Crippen LogP contribution in [-0.2, 0) is 14.3 Å². The quantitative estimate of drug-likeness (QED) is 0.802. The van der Waals surface area contributed by atoms with Crippen LogP contribution in [0.3, 0.4) is 0 Å². The van der Waals surface area contributed by atoms with Crippen LogP contribution in [0.2, 0.25) is 0 Å². The van der Waals surface area contributed by atoms with Crippen molar-refractivity contribution in [3.8, 4) is 0 Å². The number of alkyl halides is 1. The maximum absolute atomic E-state index is 13.6. The van der Waals surface area contributed by atoms with Gasteiger partial charge in [0, 0.05) is 5.92 Å². The molecule has 2 fully saturated rings. The van der Waals surface area contributed by atoms with Crippen LogP contribution in [0.15, 0.2) is 29.2 Å². The molecule has 5 heteroatoms. The van der Waals surface area contributed by atoms with Gasteiger partial charge in [0.05, 0.1) is 11.0 Å².